The van der Waals surface area contributed by atoms with E-state index in [9.17, 15) is 5.11 Å². The van der Waals surface area contributed by atoms with Gasteiger partial charge in [0.2, 0.25) is 0 Å². The number of benzene rings is 2. The normalized spacial score (nSPS) is 22.0. The summed E-state index contributed by atoms with van der Waals surface area (Å²) in [5, 5.41) is 10.3. The molecule has 4 heteroatoms. The van der Waals surface area contributed by atoms with Crippen molar-refractivity contribution in [3.63, 3.8) is 0 Å². The first-order valence-electron chi connectivity index (χ1n) is 7.89. The molecule has 3 rings (SSSR count). The van der Waals surface area contributed by atoms with Crippen LogP contribution in [0.5, 0.6) is 5.75 Å². The number of ether oxygens (including phenoxy) is 3. The fourth-order valence-electron chi connectivity index (χ4n) is 2.70. The highest BCUT2D eigenvalue weighted by atomic mass is 16.7. The molecule has 0 aliphatic carbocycles. The molecule has 122 valence electrons. The maximum atomic E-state index is 10.3. The molecule has 1 fully saturated rings. The highest BCUT2D eigenvalue weighted by Crippen LogP contribution is 2.30. The van der Waals surface area contributed by atoms with E-state index < -0.39 is 12.4 Å². The van der Waals surface area contributed by atoms with Crippen LogP contribution >= 0.6 is 0 Å². The van der Waals surface area contributed by atoms with Crippen LogP contribution in [-0.4, -0.2) is 31.0 Å². The lowest BCUT2D eigenvalue weighted by Gasteiger charge is -2.17. The molecule has 2 aromatic rings. The number of aliphatic hydroxyl groups excluding tert-OH is 1. The lowest BCUT2D eigenvalue weighted by molar-refractivity contribution is -0.0839. The summed E-state index contributed by atoms with van der Waals surface area (Å²) >= 11 is 0. The number of hydrogen-bond donors (Lipinski definition) is 1. The van der Waals surface area contributed by atoms with E-state index in [-0.39, 0.29) is 6.10 Å². The largest absolute Gasteiger partial charge is 0.497 e. The van der Waals surface area contributed by atoms with Gasteiger partial charge in [0.1, 0.15) is 11.9 Å². The highest BCUT2D eigenvalue weighted by molar-refractivity contribution is 5.28. The molecule has 1 saturated heterocycles. The predicted molar refractivity (Wildman–Crippen MR) is 87.3 cm³/mol. The summed E-state index contributed by atoms with van der Waals surface area (Å²) in [7, 11) is 1.64. The molecule has 0 aromatic heterocycles. The smallest absolute Gasteiger partial charge is 0.184 e. The average molecular weight is 314 g/mol. The maximum Gasteiger partial charge on any atom is 0.184 e. The van der Waals surface area contributed by atoms with Gasteiger partial charge in [0.05, 0.1) is 19.8 Å². The molecule has 3 atom stereocenters. The van der Waals surface area contributed by atoms with E-state index >= 15 is 0 Å². The summed E-state index contributed by atoms with van der Waals surface area (Å²) in [6.45, 7) is 0.409. The molecule has 1 aliphatic rings. The number of hydrogen-bond acceptors (Lipinski definition) is 4. The summed E-state index contributed by atoms with van der Waals surface area (Å²) in [6.07, 6.45) is 0.254. The van der Waals surface area contributed by atoms with Gasteiger partial charge >= 0.3 is 0 Å². The standard InChI is InChI=1S/C19H22O4/c1-21-16-10-8-15(9-11-16)19-22-13-18(23-19)17(20)12-7-14-5-3-2-4-6-14/h2-6,8-11,17-20H,7,12-13H2,1H3/t17-,18-,19?/m1/s1. The van der Waals surface area contributed by atoms with Crippen LogP contribution in [0.4, 0.5) is 0 Å². The van der Waals surface area contributed by atoms with Crippen molar-refractivity contribution in [2.75, 3.05) is 13.7 Å². The number of methoxy groups -OCH3 is 1. The van der Waals surface area contributed by atoms with Crippen LogP contribution < -0.4 is 4.74 Å². The lowest BCUT2D eigenvalue weighted by Crippen LogP contribution is -2.28. The maximum absolute atomic E-state index is 10.3. The quantitative estimate of drug-likeness (QED) is 0.890. The Morgan fingerprint density at radius 1 is 1.13 bits per heavy atom. The van der Waals surface area contributed by atoms with Gasteiger partial charge in [-0.05, 0) is 30.5 Å². The molecule has 2 aromatic carbocycles. The summed E-state index contributed by atoms with van der Waals surface area (Å²) < 4.78 is 16.7. The van der Waals surface area contributed by atoms with Crippen molar-refractivity contribution in [1.82, 2.24) is 0 Å². The molecule has 1 unspecified atom stereocenters. The third-order valence-electron chi connectivity index (χ3n) is 4.10. The molecular weight excluding hydrogens is 292 g/mol. The second-order valence-corrected chi connectivity index (χ2v) is 5.70. The van der Waals surface area contributed by atoms with Crippen LogP contribution in [0.15, 0.2) is 54.6 Å². The molecule has 0 amide bonds. The Bertz CT molecular complexity index is 597. The lowest BCUT2D eigenvalue weighted by atomic mass is 10.0. The van der Waals surface area contributed by atoms with Gasteiger partial charge in [-0.2, -0.15) is 0 Å². The molecule has 0 radical (unpaired) electrons. The van der Waals surface area contributed by atoms with E-state index in [0.29, 0.717) is 13.0 Å². The van der Waals surface area contributed by atoms with Gasteiger partial charge < -0.3 is 19.3 Å². The van der Waals surface area contributed by atoms with Crippen LogP contribution in [0.2, 0.25) is 0 Å². The molecule has 23 heavy (non-hydrogen) atoms. The number of rotatable bonds is 6. The topological polar surface area (TPSA) is 47.9 Å². The van der Waals surface area contributed by atoms with Gasteiger partial charge in [0.15, 0.2) is 6.29 Å². The van der Waals surface area contributed by atoms with E-state index in [1.54, 1.807) is 7.11 Å². The Labute approximate surface area is 136 Å². The third kappa shape index (κ3) is 4.10. The van der Waals surface area contributed by atoms with Crippen molar-refractivity contribution in [3.05, 3.63) is 65.7 Å². The van der Waals surface area contributed by atoms with Crippen LogP contribution in [-0.2, 0) is 15.9 Å². The van der Waals surface area contributed by atoms with Crippen LogP contribution in [0.3, 0.4) is 0 Å². The number of aryl methyl sites for hydroxylation is 1. The van der Waals surface area contributed by atoms with Crippen molar-refractivity contribution in [2.45, 2.75) is 31.3 Å². The van der Waals surface area contributed by atoms with Gasteiger partial charge in [0, 0.05) is 5.56 Å². The SMILES string of the molecule is COc1ccc(C2OC[C@H]([C@H](O)CCc3ccccc3)O2)cc1. The van der Waals surface area contributed by atoms with Crippen molar-refractivity contribution in [3.8, 4) is 5.75 Å². The molecule has 4 nitrogen and oxygen atoms in total. The zero-order valence-electron chi connectivity index (χ0n) is 13.2. The van der Waals surface area contributed by atoms with Crippen molar-refractivity contribution < 1.29 is 19.3 Å². The molecule has 0 bridgehead atoms. The summed E-state index contributed by atoms with van der Waals surface area (Å²) in [5.74, 6) is 0.797. The van der Waals surface area contributed by atoms with Gasteiger partial charge in [-0.15, -0.1) is 0 Å². The van der Waals surface area contributed by atoms with Crippen molar-refractivity contribution in [1.29, 1.82) is 0 Å². The Morgan fingerprint density at radius 3 is 2.57 bits per heavy atom. The Hall–Kier alpha value is -1.88. The van der Waals surface area contributed by atoms with Gasteiger partial charge in [0.25, 0.3) is 0 Å². The van der Waals surface area contributed by atoms with E-state index in [1.807, 2.05) is 42.5 Å². The summed E-state index contributed by atoms with van der Waals surface area (Å²) in [5.41, 5.74) is 2.15. The fourth-order valence-corrected chi connectivity index (χ4v) is 2.70. The highest BCUT2D eigenvalue weighted by Gasteiger charge is 2.32. The van der Waals surface area contributed by atoms with Gasteiger partial charge in [-0.3, -0.25) is 0 Å². The molecule has 1 heterocycles. The first-order chi connectivity index (χ1) is 11.3. The monoisotopic (exact) mass is 314 g/mol. The Balaban J connectivity index is 1.52. The molecule has 1 aliphatic heterocycles. The number of aliphatic hydroxyl groups is 1. The summed E-state index contributed by atoms with van der Waals surface area (Å²) in [4.78, 5) is 0. The zero-order valence-corrected chi connectivity index (χ0v) is 13.2. The third-order valence-corrected chi connectivity index (χ3v) is 4.10. The average Bonchev–Trinajstić information content (AvgIpc) is 3.11. The summed E-state index contributed by atoms with van der Waals surface area (Å²) in [6, 6.07) is 17.7. The minimum Gasteiger partial charge on any atom is -0.497 e. The first kappa shape index (κ1) is 16.0. The minimum atomic E-state index is -0.529. The van der Waals surface area contributed by atoms with E-state index in [1.165, 1.54) is 5.56 Å². The second-order valence-electron chi connectivity index (χ2n) is 5.70. The Kier molecular flexibility index (Phi) is 5.28. The molecule has 0 saturated carbocycles. The van der Waals surface area contributed by atoms with Crippen molar-refractivity contribution in [2.24, 2.45) is 0 Å². The van der Waals surface area contributed by atoms with E-state index in [0.717, 1.165) is 17.7 Å². The second kappa shape index (κ2) is 7.59. The Morgan fingerprint density at radius 2 is 1.87 bits per heavy atom. The fraction of sp³-hybridized carbons (Fsp3) is 0.368. The van der Waals surface area contributed by atoms with Gasteiger partial charge in [-0.25, -0.2) is 0 Å². The first-order valence-corrected chi connectivity index (χ1v) is 7.89. The van der Waals surface area contributed by atoms with E-state index in [2.05, 4.69) is 12.1 Å². The van der Waals surface area contributed by atoms with E-state index in [4.69, 9.17) is 14.2 Å². The van der Waals surface area contributed by atoms with Crippen LogP contribution in [0.1, 0.15) is 23.8 Å². The van der Waals surface area contributed by atoms with Crippen LogP contribution in [0, 0.1) is 0 Å². The zero-order chi connectivity index (χ0) is 16.1. The molecule has 1 N–H and O–H groups in total. The molecular formula is C19H22O4. The predicted octanol–water partition coefficient (Wildman–Crippen LogP) is 3.10. The van der Waals surface area contributed by atoms with Crippen molar-refractivity contribution >= 4 is 0 Å². The minimum absolute atomic E-state index is 0.286. The molecule has 0 spiro atoms. The van der Waals surface area contributed by atoms with Crippen LogP contribution in [0.25, 0.3) is 0 Å². The van der Waals surface area contributed by atoms with Gasteiger partial charge in [-0.1, -0.05) is 42.5 Å².